The van der Waals surface area contributed by atoms with E-state index in [1.807, 2.05) is 31.2 Å². The Kier molecular flexibility index (Phi) is 6.07. The summed E-state index contributed by atoms with van der Waals surface area (Å²) in [5, 5.41) is 3.77. The highest BCUT2D eigenvalue weighted by atomic mass is 35.5. The van der Waals surface area contributed by atoms with Crippen molar-refractivity contribution in [1.29, 1.82) is 0 Å². The molecule has 4 heteroatoms. The fourth-order valence-corrected chi connectivity index (χ4v) is 3.41. The Bertz CT molecular complexity index is 478. The maximum Gasteiger partial charge on any atom is 0.234 e. The van der Waals surface area contributed by atoms with Crippen LogP contribution < -0.4 is 5.32 Å². The molecule has 0 aliphatic carbocycles. The van der Waals surface area contributed by atoms with Gasteiger partial charge in [-0.3, -0.25) is 9.69 Å². The number of nitrogens with zero attached hydrogens (tertiary/aromatic N) is 1. The van der Waals surface area contributed by atoms with Crippen molar-refractivity contribution in [3.63, 3.8) is 0 Å². The van der Waals surface area contributed by atoms with E-state index in [9.17, 15) is 4.79 Å². The minimum absolute atomic E-state index is 0.0592. The van der Waals surface area contributed by atoms with Crippen LogP contribution in [0.3, 0.4) is 0 Å². The lowest BCUT2D eigenvalue weighted by Gasteiger charge is -2.34. The van der Waals surface area contributed by atoms with Gasteiger partial charge in [0, 0.05) is 11.1 Å². The SMILES string of the molecule is CCC1CCCCN1CC(=O)NC(C)c1ccccc1Cl. The van der Waals surface area contributed by atoms with Gasteiger partial charge in [-0.15, -0.1) is 0 Å². The van der Waals surface area contributed by atoms with Crippen molar-refractivity contribution in [2.75, 3.05) is 13.1 Å². The van der Waals surface area contributed by atoms with Crippen molar-refractivity contribution in [2.45, 2.75) is 51.6 Å². The molecule has 1 saturated heterocycles. The van der Waals surface area contributed by atoms with Crippen LogP contribution in [0.2, 0.25) is 5.02 Å². The second-order valence-corrected chi connectivity index (χ2v) is 6.25. The third-order valence-corrected chi connectivity index (χ3v) is 4.66. The van der Waals surface area contributed by atoms with Crippen molar-refractivity contribution >= 4 is 17.5 Å². The van der Waals surface area contributed by atoms with E-state index < -0.39 is 0 Å². The Morgan fingerprint density at radius 2 is 2.19 bits per heavy atom. The summed E-state index contributed by atoms with van der Waals surface area (Å²) >= 11 is 6.18. The van der Waals surface area contributed by atoms with E-state index in [0.717, 1.165) is 18.5 Å². The summed E-state index contributed by atoms with van der Waals surface area (Å²) in [6, 6.07) is 8.17. The zero-order valence-electron chi connectivity index (χ0n) is 12.9. The lowest BCUT2D eigenvalue weighted by Crippen LogP contribution is -2.45. The molecule has 0 radical (unpaired) electrons. The first-order valence-corrected chi connectivity index (χ1v) is 8.27. The summed E-state index contributed by atoms with van der Waals surface area (Å²) in [5.41, 5.74) is 0.971. The van der Waals surface area contributed by atoms with Gasteiger partial charge in [-0.25, -0.2) is 0 Å². The number of rotatable bonds is 5. The molecule has 1 heterocycles. The molecule has 2 unspecified atom stereocenters. The summed E-state index contributed by atoms with van der Waals surface area (Å²) in [7, 11) is 0. The highest BCUT2D eigenvalue weighted by Crippen LogP contribution is 2.22. The number of hydrogen-bond acceptors (Lipinski definition) is 2. The molecule has 0 spiro atoms. The highest BCUT2D eigenvalue weighted by molar-refractivity contribution is 6.31. The van der Waals surface area contributed by atoms with Crippen LogP contribution in [0, 0.1) is 0 Å². The molecule has 1 aliphatic rings. The fraction of sp³-hybridized carbons (Fsp3) is 0.588. The van der Waals surface area contributed by atoms with Crippen LogP contribution in [0.25, 0.3) is 0 Å². The molecule has 21 heavy (non-hydrogen) atoms. The van der Waals surface area contributed by atoms with E-state index in [-0.39, 0.29) is 11.9 Å². The van der Waals surface area contributed by atoms with Crippen molar-refractivity contribution in [1.82, 2.24) is 10.2 Å². The van der Waals surface area contributed by atoms with Crippen LogP contribution >= 0.6 is 11.6 Å². The van der Waals surface area contributed by atoms with Crippen molar-refractivity contribution in [3.05, 3.63) is 34.9 Å². The van der Waals surface area contributed by atoms with Gasteiger partial charge in [-0.1, -0.05) is 43.1 Å². The number of carbonyl (C=O) groups excluding carboxylic acids is 1. The van der Waals surface area contributed by atoms with E-state index in [1.165, 1.54) is 19.3 Å². The average molecular weight is 309 g/mol. The summed E-state index contributed by atoms with van der Waals surface area (Å²) in [4.78, 5) is 14.6. The second-order valence-electron chi connectivity index (χ2n) is 5.84. The number of benzene rings is 1. The van der Waals surface area contributed by atoms with Gasteiger partial charge >= 0.3 is 0 Å². The first kappa shape index (κ1) is 16.3. The molecule has 1 aromatic rings. The summed E-state index contributed by atoms with van der Waals surface area (Å²) in [5.74, 6) is 0.0859. The maximum atomic E-state index is 12.3. The Hall–Kier alpha value is -1.06. The van der Waals surface area contributed by atoms with Crippen LogP contribution in [0.5, 0.6) is 0 Å². The van der Waals surface area contributed by atoms with E-state index in [4.69, 9.17) is 11.6 Å². The summed E-state index contributed by atoms with van der Waals surface area (Å²) < 4.78 is 0. The minimum atomic E-state index is -0.0592. The van der Waals surface area contributed by atoms with Crippen LogP contribution in [0.4, 0.5) is 0 Å². The average Bonchev–Trinajstić information content (AvgIpc) is 2.48. The van der Waals surface area contributed by atoms with Crippen LogP contribution in [0.15, 0.2) is 24.3 Å². The number of hydrogen-bond donors (Lipinski definition) is 1. The molecule has 2 rings (SSSR count). The number of nitrogens with one attached hydrogen (secondary N) is 1. The lowest BCUT2D eigenvalue weighted by molar-refractivity contribution is -0.123. The first-order valence-electron chi connectivity index (χ1n) is 7.89. The number of halogens is 1. The zero-order chi connectivity index (χ0) is 15.2. The highest BCUT2D eigenvalue weighted by Gasteiger charge is 2.23. The predicted molar refractivity (Wildman–Crippen MR) is 87.5 cm³/mol. The van der Waals surface area contributed by atoms with E-state index in [2.05, 4.69) is 17.1 Å². The van der Waals surface area contributed by atoms with Crippen LogP contribution in [-0.4, -0.2) is 29.9 Å². The Morgan fingerprint density at radius 3 is 2.90 bits per heavy atom. The van der Waals surface area contributed by atoms with Crippen molar-refractivity contribution in [3.8, 4) is 0 Å². The Balaban J connectivity index is 1.90. The third kappa shape index (κ3) is 4.45. The first-order chi connectivity index (χ1) is 10.1. The molecule has 2 atom stereocenters. The van der Waals surface area contributed by atoms with Gasteiger partial charge in [0.15, 0.2) is 0 Å². The van der Waals surface area contributed by atoms with Gasteiger partial charge in [0.1, 0.15) is 0 Å². The molecule has 1 aromatic carbocycles. The second kappa shape index (κ2) is 7.81. The number of amides is 1. The molecule has 116 valence electrons. The predicted octanol–water partition coefficient (Wildman–Crippen LogP) is 3.78. The third-order valence-electron chi connectivity index (χ3n) is 4.32. The van der Waals surface area contributed by atoms with Crippen LogP contribution in [-0.2, 0) is 4.79 Å². The minimum Gasteiger partial charge on any atom is -0.348 e. The van der Waals surface area contributed by atoms with Crippen molar-refractivity contribution in [2.24, 2.45) is 0 Å². The van der Waals surface area contributed by atoms with Gasteiger partial charge in [-0.2, -0.15) is 0 Å². The molecule has 3 nitrogen and oxygen atoms in total. The monoisotopic (exact) mass is 308 g/mol. The van der Waals surface area contributed by atoms with Crippen LogP contribution in [0.1, 0.15) is 51.1 Å². The van der Waals surface area contributed by atoms with E-state index >= 15 is 0 Å². The van der Waals surface area contributed by atoms with Crippen molar-refractivity contribution < 1.29 is 4.79 Å². The summed E-state index contributed by atoms with van der Waals surface area (Å²) in [6.45, 7) is 5.71. The molecule has 0 bridgehead atoms. The molecule has 1 amide bonds. The largest absolute Gasteiger partial charge is 0.348 e. The molecular formula is C17H25ClN2O. The Morgan fingerprint density at radius 1 is 1.43 bits per heavy atom. The van der Waals surface area contributed by atoms with E-state index in [0.29, 0.717) is 17.6 Å². The smallest absolute Gasteiger partial charge is 0.234 e. The van der Waals surface area contributed by atoms with Gasteiger partial charge in [-0.05, 0) is 44.4 Å². The van der Waals surface area contributed by atoms with Gasteiger partial charge < -0.3 is 5.32 Å². The standard InChI is InChI=1S/C17H25ClN2O/c1-3-14-8-6-7-11-20(14)12-17(21)19-13(2)15-9-4-5-10-16(15)18/h4-5,9-10,13-14H,3,6-8,11-12H2,1-2H3,(H,19,21). The van der Waals surface area contributed by atoms with Gasteiger partial charge in [0.25, 0.3) is 0 Å². The Labute approximate surface area is 132 Å². The van der Waals surface area contributed by atoms with E-state index in [1.54, 1.807) is 0 Å². The van der Waals surface area contributed by atoms with Gasteiger partial charge in [0.05, 0.1) is 12.6 Å². The number of likely N-dealkylation sites (tertiary alicyclic amines) is 1. The molecule has 1 N–H and O–H groups in total. The molecular weight excluding hydrogens is 284 g/mol. The summed E-state index contributed by atoms with van der Waals surface area (Å²) in [6.07, 6.45) is 4.81. The van der Waals surface area contributed by atoms with Gasteiger partial charge in [0.2, 0.25) is 5.91 Å². The quantitative estimate of drug-likeness (QED) is 0.897. The molecule has 1 aliphatic heterocycles. The maximum absolute atomic E-state index is 12.3. The topological polar surface area (TPSA) is 32.3 Å². The zero-order valence-corrected chi connectivity index (χ0v) is 13.7. The fourth-order valence-electron chi connectivity index (χ4n) is 3.11. The normalized spacial score (nSPS) is 21.0. The number of piperidine rings is 1. The lowest BCUT2D eigenvalue weighted by atomic mass is 10.00. The number of carbonyl (C=O) groups is 1. The molecule has 0 saturated carbocycles. The molecule has 0 aromatic heterocycles. The molecule has 1 fully saturated rings.